The van der Waals surface area contributed by atoms with Crippen LogP contribution >= 0.6 is 23.8 Å². The second-order valence-corrected chi connectivity index (χ2v) is 14.2. The summed E-state index contributed by atoms with van der Waals surface area (Å²) < 4.78 is 61.7. The Balaban J connectivity index is -0.000000347. The molecular weight excluding hydrogens is 648 g/mol. The van der Waals surface area contributed by atoms with Crippen LogP contribution < -0.4 is 29.6 Å². The number of carbonyl (C=O) groups is 2. The van der Waals surface area contributed by atoms with Crippen molar-refractivity contribution in [1.29, 1.82) is 0 Å². The quantitative estimate of drug-likeness (QED) is 0.145. The van der Waals surface area contributed by atoms with Crippen molar-refractivity contribution in [2.75, 3.05) is 39.8 Å². The molecule has 264 valence electrons. The van der Waals surface area contributed by atoms with Gasteiger partial charge in [-0.15, -0.1) is 0 Å². The van der Waals surface area contributed by atoms with E-state index in [1.54, 1.807) is 0 Å². The molecule has 3 aliphatic rings. The van der Waals surface area contributed by atoms with Gasteiger partial charge in [0.25, 0.3) is 0 Å². The van der Waals surface area contributed by atoms with Crippen molar-refractivity contribution in [3.63, 3.8) is 0 Å². The van der Waals surface area contributed by atoms with Crippen molar-refractivity contribution in [3.8, 4) is 0 Å². The first-order valence-electron chi connectivity index (χ1n) is 14.5. The van der Waals surface area contributed by atoms with Gasteiger partial charge in [0.1, 0.15) is 12.0 Å². The first kappa shape index (κ1) is 49.3. The number of hydrogen-bond donors (Lipinski definition) is 0. The molecule has 1 unspecified atom stereocenters. The van der Waals surface area contributed by atoms with E-state index >= 15 is 0 Å². The second kappa shape index (κ2) is 25.0. The zero-order valence-corrected chi connectivity index (χ0v) is 29.9. The van der Waals surface area contributed by atoms with Crippen LogP contribution in [0.15, 0.2) is 0 Å². The zero-order chi connectivity index (χ0) is 31.7. The van der Waals surface area contributed by atoms with Gasteiger partial charge in [0.15, 0.2) is 6.29 Å². The molecule has 15 heteroatoms. The van der Waals surface area contributed by atoms with Gasteiger partial charge in [-0.25, -0.2) is 0 Å². The molecule has 1 atom stereocenters. The molecule has 0 N–H and O–H groups in total. The van der Waals surface area contributed by atoms with E-state index in [0.29, 0.717) is 19.4 Å². The first-order chi connectivity index (χ1) is 19.9. The topological polar surface area (TPSA) is 114 Å². The molecule has 3 fully saturated rings. The Kier molecular flexibility index (Phi) is 27.3. The minimum Gasteiger partial charge on any atom is -1.00 e. The Morgan fingerprint density at radius 2 is 1.33 bits per heavy atom. The number of carbonyl (C=O) groups excluding carboxylic acids is 2. The number of rotatable bonds is 11. The summed E-state index contributed by atoms with van der Waals surface area (Å²) in [6.45, 7) is 5.59. The number of hydrogen-bond acceptors (Lipinski definition) is 11. The van der Waals surface area contributed by atoms with Crippen molar-refractivity contribution in [1.82, 2.24) is 0 Å². The summed E-state index contributed by atoms with van der Waals surface area (Å²) in [4.78, 5) is 38.0. The third-order valence-corrected chi connectivity index (χ3v) is 9.86. The van der Waals surface area contributed by atoms with E-state index < -0.39 is 28.9 Å². The van der Waals surface area contributed by atoms with Gasteiger partial charge in [-0.05, 0) is 58.8 Å². The van der Waals surface area contributed by atoms with E-state index in [-0.39, 0.29) is 74.9 Å². The molecule has 3 rings (SSSR count). The molecule has 0 amide bonds. The summed E-state index contributed by atoms with van der Waals surface area (Å²) >= 11 is 1.28. The maximum atomic E-state index is 12.3. The summed E-state index contributed by atoms with van der Waals surface area (Å²) in [5.41, 5.74) is -5.63. The fourth-order valence-corrected chi connectivity index (χ4v) is 7.07. The Morgan fingerprint density at radius 3 is 1.78 bits per heavy atom. The Hall–Kier alpha value is -0.0900. The average Bonchev–Trinajstić information content (AvgIpc) is 3.00. The van der Waals surface area contributed by atoms with E-state index in [1.165, 1.54) is 27.1 Å². The number of methoxy groups -OCH3 is 2. The van der Waals surface area contributed by atoms with E-state index in [2.05, 4.69) is 22.8 Å². The molecule has 0 radical (unpaired) electrons. The number of thioether (sulfide) groups is 1. The van der Waals surface area contributed by atoms with Crippen molar-refractivity contribution in [3.05, 3.63) is 9.93 Å². The summed E-state index contributed by atoms with van der Waals surface area (Å²) in [6, 6.07) is 0. The molecule has 0 aromatic heterocycles. The van der Waals surface area contributed by atoms with Gasteiger partial charge in [0.2, 0.25) is 0 Å². The van der Waals surface area contributed by atoms with Crippen LogP contribution in [-0.2, 0) is 32.7 Å². The van der Waals surface area contributed by atoms with Crippen LogP contribution in [0.3, 0.4) is 0 Å². The molecule has 0 spiro atoms. The number of halogens is 3. The summed E-state index contributed by atoms with van der Waals surface area (Å²) in [7, 11) is 2.76. The van der Waals surface area contributed by atoms with Gasteiger partial charge in [-0.2, -0.15) is 24.9 Å². The number of alkyl halides is 3. The Labute approximate surface area is 300 Å². The van der Waals surface area contributed by atoms with Gasteiger partial charge < -0.3 is 24.6 Å². The molecule has 0 aromatic rings. The van der Waals surface area contributed by atoms with Crippen molar-refractivity contribution < 1.29 is 76.9 Å². The summed E-state index contributed by atoms with van der Waals surface area (Å²) in [6.07, 6.45) is 12.3. The summed E-state index contributed by atoms with van der Waals surface area (Å²) in [5.74, 6) is 0.318. The SMILES string of the molecule is C.C.COC(=O)C1(COSC(F)(F)F)CCCCC1.COC(=O)C1(CSC(C)(C)COC2CCCCO2)CCCCC1.O=O.[H-].[Na+]. The van der Waals surface area contributed by atoms with Crippen molar-refractivity contribution in [2.24, 2.45) is 10.8 Å². The fourth-order valence-electron chi connectivity index (χ4n) is 5.43. The number of esters is 2. The zero-order valence-electron chi connectivity index (χ0n) is 27.2. The molecule has 9 nitrogen and oxygen atoms in total. The van der Waals surface area contributed by atoms with Gasteiger partial charge in [-0.1, -0.05) is 53.4 Å². The van der Waals surface area contributed by atoms with E-state index in [1.807, 2.05) is 11.8 Å². The standard InChI is InChI=1S/C18H32O4S.C10H15F3O3S.2CH4.Na.O2.H/c1-17(2,13-22-15-9-5-8-12-21-15)23-14-18(16(19)20-3)10-6-4-7-11-18;1-15-8(14)9(5-3-2-4-6-9)7-16-17-10(11,12)13;;;;1-2;/h15H,4-14H2,1-3H3;2-7H2,1H3;2*1H4;;;/q;;;;+1;;-1. The normalized spacial score (nSPS) is 20.5. The largest absolute Gasteiger partial charge is 1.00 e. The molecule has 2 saturated carbocycles. The van der Waals surface area contributed by atoms with Gasteiger partial charge in [0, 0.05) is 27.0 Å². The van der Waals surface area contributed by atoms with Crippen LogP contribution in [0.5, 0.6) is 0 Å². The predicted octanol–water partition coefficient (Wildman–Crippen LogP) is 5.92. The van der Waals surface area contributed by atoms with Crippen LogP contribution in [0.1, 0.15) is 114 Å². The molecular formula is C30H56F3NaO9S2. The van der Waals surface area contributed by atoms with Crippen LogP contribution in [0, 0.1) is 20.8 Å². The van der Waals surface area contributed by atoms with Crippen molar-refractivity contribution in [2.45, 2.75) is 129 Å². The third kappa shape index (κ3) is 18.3. The minimum atomic E-state index is -4.44. The molecule has 1 saturated heterocycles. The van der Waals surface area contributed by atoms with Crippen LogP contribution in [-0.4, -0.2) is 68.3 Å². The minimum absolute atomic E-state index is 0. The van der Waals surface area contributed by atoms with Crippen LogP contribution in [0.25, 0.3) is 0 Å². The molecule has 45 heavy (non-hydrogen) atoms. The maximum Gasteiger partial charge on any atom is 1.00 e. The van der Waals surface area contributed by atoms with Gasteiger partial charge in [-0.3, -0.25) is 9.59 Å². The monoisotopic (exact) mass is 704 g/mol. The Morgan fingerprint density at radius 1 is 0.844 bits per heavy atom. The average molecular weight is 705 g/mol. The molecule has 0 aromatic carbocycles. The molecule has 2 aliphatic carbocycles. The van der Waals surface area contributed by atoms with Crippen molar-refractivity contribution >= 4 is 35.7 Å². The smallest absolute Gasteiger partial charge is 1.00 e. The molecule has 1 heterocycles. The van der Waals surface area contributed by atoms with E-state index in [0.717, 1.165) is 70.1 Å². The van der Waals surface area contributed by atoms with Gasteiger partial charge >= 0.3 is 47.0 Å². The third-order valence-electron chi connectivity index (χ3n) is 7.84. The second-order valence-electron chi connectivity index (χ2n) is 11.6. The molecule has 1 aliphatic heterocycles. The number of ether oxygens (including phenoxy) is 4. The van der Waals surface area contributed by atoms with E-state index in [9.17, 15) is 22.8 Å². The molecule has 0 bridgehead atoms. The first-order valence-corrected chi connectivity index (χ1v) is 16.2. The maximum absolute atomic E-state index is 12.3. The predicted molar refractivity (Wildman–Crippen MR) is 172 cm³/mol. The van der Waals surface area contributed by atoms with Crippen LogP contribution in [0.2, 0.25) is 0 Å². The summed E-state index contributed by atoms with van der Waals surface area (Å²) in [5, 5.41) is 0. The fraction of sp³-hybridized carbons (Fsp3) is 0.933. The van der Waals surface area contributed by atoms with E-state index in [4.69, 9.17) is 24.1 Å². The van der Waals surface area contributed by atoms with Gasteiger partial charge in [0.05, 0.1) is 38.3 Å². The Bertz CT molecular complexity index is 796. The van der Waals surface area contributed by atoms with Crippen LogP contribution in [0.4, 0.5) is 13.2 Å².